The molecule has 2 aromatic rings. The number of carbonyl (C=O) groups excluding carboxylic acids is 1. The van der Waals surface area contributed by atoms with Gasteiger partial charge in [0.1, 0.15) is 5.75 Å². The molecule has 0 saturated carbocycles. The number of nitrogens with one attached hydrogen (secondary N) is 1. The van der Waals surface area contributed by atoms with Crippen LogP contribution in [0.4, 0.5) is 5.69 Å². The Morgan fingerprint density at radius 1 is 1.30 bits per heavy atom. The lowest BCUT2D eigenvalue weighted by molar-refractivity contribution is -0.118. The van der Waals surface area contributed by atoms with Crippen LogP contribution in [-0.4, -0.2) is 12.5 Å². The van der Waals surface area contributed by atoms with Gasteiger partial charge in [-0.3, -0.25) is 4.79 Å². The van der Waals surface area contributed by atoms with Crippen LogP contribution in [0.1, 0.15) is 0 Å². The Morgan fingerprint density at radius 2 is 2.05 bits per heavy atom. The summed E-state index contributed by atoms with van der Waals surface area (Å²) in [5.41, 5.74) is 0.751. The molecule has 1 amide bonds. The molecule has 6 heteroatoms. The molecule has 0 saturated heterocycles. The van der Waals surface area contributed by atoms with Gasteiger partial charge in [0.2, 0.25) is 0 Å². The van der Waals surface area contributed by atoms with E-state index in [2.05, 4.69) is 43.8 Å². The zero-order chi connectivity index (χ0) is 14.5. The van der Waals surface area contributed by atoms with E-state index in [0.29, 0.717) is 10.8 Å². The van der Waals surface area contributed by atoms with Gasteiger partial charge >= 0.3 is 0 Å². The minimum Gasteiger partial charge on any atom is -0.482 e. The van der Waals surface area contributed by atoms with Gasteiger partial charge in [0, 0.05) is 8.04 Å². The average Bonchev–Trinajstić information content (AvgIpc) is 2.41. The third kappa shape index (κ3) is 4.36. The summed E-state index contributed by atoms with van der Waals surface area (Å²) in [4.78, 5) is 11.8. The Hall–Kier alpha value is -0.790. The van der Waals surface area contributed by atoms with Crippen molar-refractivity contribution in [2.45, 2.75) is 0 Å². The second kappa shape index (κ2) is 7.28. The number of hydrogen-bond donors (Lipinski definition) is 1. The molecule has 104 valence electrons. The second-order valence-electron chi connectivity index (χ2n) is 3.89. The van der Waals surface area contributed by atoms with Crippen LogP contribution in [0.15, 0.2) is 46.9 Å². The molecule has 2 aromatic carbocycles. The summed E-state index contributed by atoms with van der Waals surface area (Å²) in [5.74, 6) is 0.264. The van der Waals surface area contributed by atoms with Crippen molar-refractivity contribution < 1.29 is 9.53 Å². The maximum absolute atomic E-state index is 11.8. The minimum absolute atomic E-state index is 0.0874. The van der Waals surface area contributed by atoms with Crippen molar-refractivity contribution in [3.63, 3.8) is 0 Å². The van der Waals surface area contributed by atoms with Gasteiger partial charge in [-0.05, 0) is 52.9 Å². The fourth-order valence-corrected chi connectivity index (χ4v) is 3.11. The second-order valence-corrected chi connectivity index (χ2v) is 6.38. The topological polar surface area (TPSA) is 38.3 Å². The molecule has 0 unspecified atom stereocenters. The first-order chi connectivity index (χ1) is 9.56. The largest absolute Gasteiger partial charge is 0.482 e. The number of carbonyl (C=O) groups is 1. The van der Waals surface area contributed by atoms with E-state index in [1.165, 1.54) is 0 Å². The molecule has 1 N–H and O–H groups in total. The van der Waals surface area contributed by atoms with Crippen LogP contribution >= 0.6 is 50.1 Å². The lowest BCUT2D eigenvalue weighted by Crippen LogP contribution is -2.20. The predicted molar refractivity (Wildman–Crippen MR) is 92.4 cm³/mol. The summed E-state index contributed by atoms with van der Waals surface area (Å²) in [7, 11) is 0. The van der Waals surface area contributed by atoms with Gasteiger partial charge in [-0.2, -0.15) is 0 Å². The Labute approximate surface area is 143 Å². The fourth-order valence-electron chi connectivity index (χ4n) is 1.48. The lowest BCUT2D eigenvalue weighted by atomic mass is 10.3. The Balaban J connectivity index is 1.94. The SMILES string of the molecule is O=C(COc1ccccc1Cl)Nc1ccc(Br)cc1I. The highest BCUT2D eigenvalue weighted by atomic mass is 127. The molecule has 0 fully saturated rings. The average molecular weight is 466 g/mol. The number of amides is 1. The van der Waals surface area contributed by atoms with Gasteiger partial charge in [-0.15, -0.1) is 0 Å². The summed E-state index contributed by atoms with van der Waals surface area (Å²) in [6.45, 7) is -0.0874. The van der Waals surface area contributed by atoms with Gasteiger partial charge in [-0.25, -0.2) is 0 Å². The van der Waals surface area contributed by atoms with Crippen molar-refractivity contribution in [3.05, 3.63) is 55.5 Å². The number of benzene rings is 2. The molecular formula is C14H10BrClINO2. The van der Waals surface area contributed by atoms with Crippen molar-refractivity contribution in [2.24, 2.45) is 0 Å². The number of halogens is 3. The van der Waals surface area contributed by atoms with E-state index in [0.717, 1.165) is 13.7 Å². The van der Waals surface area contributed by atoms with Gasteiger partial charge in [0.05, 0.1) is 10.7 Å². The first kappa shape index (κ1) is 15.6. The molecule has 0 aliphatic carbocycles. The summed E-state index contributed by atoms with van der Waals surface area (Å²) in [6, 6.07) is 12.7. The molecule has 0 atom stereocenters. The molecule has 2 rings (SSSR count). The van der Waals surface area contributed by atoms with Gasteiger partial charge in [-0.1, -0.05) is 39.7 Å². The van der Waals surface area contributed by atoms with Crippen LogP contribution in [-0.2, 0) is 4.79 Å². The summed E-state index contributed by atoms with van der Waals surface area (Å²) >= 11 is 11.5. The van der Waals surface area contributed by atoms with Crippen LogP contribution in [0, 0.1) is 3.57 Å². The van der Waals surface area contributed by atoms with E-state index in [1.54, 1.807) is 24.3 Å². The fraction of sp³-hybridized carbons (Fsp3) is 0.0714. The van der Waals surface area contributed by atoms with Crippen molar-refractivity contribution in [1.82, 2.24) is 0 Å². The zero-order valence-electron chi connectivity index (χ0n) is 10.2. The molecule has 0 radical (unpaired) electrons. The summed E-state index contributed by atoms with van der Waals surface area (Å²) < 4.78 is 7.29. The maximum atomic E-state index is 11.8. The Bertz CT molecular complexity index is 636. The molecule has 0 aromatic heterocycles. The molecule has 0 aliphatic rings. The zero-order valence-corrected chi connectivity index (χ0v) is 14.7. The van der Waals surface area contributed by atoms with Crippen molar-refractivity contribution in [1.29, 1.82) is 0 Å². The Morgan fingerprint density at radius 3 is 2.75 bits per heavy atom. The van der Waals surface area contributed by atoms with Crippen LogP contribution in [0.25, 0.3) is 0 Å². The number of rotatable bonds is 4. The Kier molecular flexibility index (Phi) is 5.68. The summed E-state index contributed by atoms with van der Waals surface area (Å²) in [6.07, 6.45) is 0. The highest BCUT2D eigenvalue weighted by Crippen LogP contribution is 2.24. The van der Waals surface area contributed by atoms with Gasteiger partial charge < -0.3 is 10.1 Å². The van der Waals surface area contributed by atoms with E-state index in [1.807, 2.05) is 18.2 Å². The third-order valence-electron chi connectivity index (χ3n) is 2.40. The van der Waals surface area contributed by atoms with Crippen molar-refractivity contribution >= 4 is 61.7 Å². The predicted octanol–water partition coefficient (Wildman–Crippen LogP) is 4.72. The lowest BCUT2D eigenvalue weighted by Gasteiger charge is -2.10. The molecule has 0 spiro atoms. The molecule has 3 nitrogen and oxygen atoms in total. The highest BCUT2D eigenvalue weighted by Gasteiger charge is 2.08. The summed E-state index contributed by atoms with van der Waals surface area (Å²) in [5, 5.41) is 3.28. The molecule has 0 bridgehead atoms. The normalized spacial score (nSPS) is 10.2. The van der Waals surface area contributed by atoms with E-state index >= 15 is 0 Å². The third-order valence-corrected chi connectivity index (χ3v) is 4.10. The molecule has 0 aliphatic heterocycles. The number of ether oxygens (including phenoxy) is 1. The maximum Gasteiger partial charge on any atom is 0.262 e. The van der Waals surface area contributed by atoms with Crippen molar-refractivity contribution in [3.8, 4) is 5.75 Å². The first-order valence-electron chi connectivity index (χ1n) is 5.68. The van der Waals surface area contributed by atoms with Crippen molar-refractivity contribution in [2.75, 3.05) is 11.9 Å². The van der Waals surface area contributed by atoms with Crippen LogP contribution < -0.4 is 10.1 Å². The molecule has 0 heterocycles. The minimum atomic E-state index is -0.231. The monoisotopic (exact) mass is 465 g/mol. The van der Waals surface area contributed by atoms with Gasteiger partial charge in [0.25, 0.3) is 5.91 Å². The quantitative estimate of drug-likeness (QED) is 0.662. The first-order valence-corrected chi connectivity index (χ1v) is 7.93. The van der Waals surface area contributed by atoms with E-state index in [-0.39, 0.29) is 12.5 Å². The van der Waals surface area contributed by atoms with E-state index in [4.69, 9.17) is 16.3 Å². The van der Waals surface area contributed by atoms with E-state index < -0.39 is 0 Å². The van der Waals surface area contributed by atoms with Gasteiger partial charge in [0.15, 0.2) is 6.61 Å². The standard InChI is InChI=1S/C14H10BrClINO2/c15-9-5-6-12(11(17)7-9)18-14(19)8-20-13-4-2-1-3-10(13)16/h1-7H,8H2,(H,18,19). The molecule has 20 heavy (non-hydrogen) atoms. The van der Waals surface area contributed by atoms with E-state index in [9.17, 15) is 4.79 Å². The van der Waals surface area contributed by atoms with Crippen LogP contribution in [0.5, 0.6) is 5.75 Å². The highest BCUT2D eigenvalue weighted by molar-refractivity contribution is 14.1. The molecular weight excluding hydrogens is 456 g/mol. The van der Waals surface area contributed by atoms with Crippen LogP contribution in [0.3, 0.4) is 0 Å². The number of para-hydroxylation sites is 1. The smallest absolute Gasteiger partial charge is 0.262 e. The number of anilines is 1. The van der Waals surface area contributed by atoms with Crippen LogP contribution in [0.2, 0.25) is 5.02 Å². The number of hydrogen-bond acceptors (Lipinski definition) is 2.